The maximum absolute atomic E-state index is 11.9. The number of aromatic nitrogens is 2. The molecule has 0 unspecified atom stereocenters. The van der Waals surface area contributed by atoms with Crippen molar-refractivity contribution in [3.63, 3.8) is 0 Å². The highest BCUT2D eigenvalue weighted by atomic mass is 32.1. The Hall–Kier alpha value is -2.34. The van der Waals surface area contributed by atoms with Crippen LogP contribution in [0.5, 0.6) is 0 Å². The molecule has 0 aliphatic carbocycles. The summed E-state index contributed by atoms with van der Waals surface area (Å²) in [6, 6.07) is 9.56. The lowest BCUT2D eigenvalue weighted by Crippen LogP contribution is -2.27. The van der Waals surface area contributed by atoms with Crippen molar-refractivity contribution in [3.05, 3.63) is 56.6 Å². The summed E-state index contributed by atoms with van der Waals surface area (Å²) >= 11 is 1.69. The summed E-state index contributed by atoms with van der Waals surface area (Å²) in [6.45, 7) is 0.641. The first kappa shape index (κ1) is 13.6. The number of nitrogens with one attached hydrogen (secondary N) is 3. The number of carbonyl (C=O) groups excluding carboxylic acids is 1. The van der Waals surface area contributed by atoms with Crippen molar-refractivity contribution in [1.29, 1.82) is 0 Å². The van der Waals surface area contributed by atoms with Gasteiger partial charge in [0.05, 0.1) is 17.5 Å². The average molecular weight is 301 g/mol. The topological polar surface area (TPSA) is 77.8 Å². The number of rotatable bonds is 5. The second kappa shape index (κ2) is 5.97. The van der Waals surface area contributed by atoms with Gasteiger partial charge in [-0.25, -0.2) is 4.79 Å². The van der Waals surface area contributed by atoms with Gasteiger partial charge in [0.15, 0.2) is 0 Å². The van der Waals surface area contributed by atoms with Gasteiger partial charge in [0, 0.05) is 11.4 Å². The molecule has 3 N–H and O–H groups in total. The average Bonchev–Trinajstić information content (AvgIpc) is 3.06. The van der Waals surface area contributed by atoms with Gasteiger partial charge in [0.2, 0.25) is 5.91 Å². The summed E-state index contributed by atoms with van der Waals surface area (Å²) in [6.07, 6.45) is 1.17. The van der Waals surface area contributed by atoms with E-state index in [2.05, 4.69) is 21.4 Å². The molecule has 0 aliphatic rings. The lowest BCUT2D eigenvalue weighted by molar-refractivity contribution is -0.120. The number of hydrogen-bond donors (Lipinski definition) is 3. The summed E-state index contributed by atoms with van der Waals surface area (Å²) < 4.78 is 0. The maximum Gasteiger partial charge on any atom is 0.323 e. The maximum atomic E-state index is 11.9. The number of H-pyrrole nitrogens is 2. The van der Waals surface area contributed by atoms with Crippen molar-refractivity contribution in [3.8, 4) is 0 Å². The number of thiophene rings is 1. The summed E-state index contributed by atoms with van der Waals surface area (Å²) in [5.41, 5.74) is 2.12. The summed E-state index contributed by atoms with van der Waals surface area (Å²) in [5.74, 6) is -0.0104. The molecule has 2 heterocycles. The minimum atomic E-state index is -0.234. The van der Waals surface area contributed by atoms with E-state index in [1.807, 2.05) is 29.6 Å². The molecule has 0 bridgehead atoms. The third-order valence-electron chi connectivity index (χ3n) is 3.22. The van der Waals surface area contributed by atoms with Gasteiger partial charge >= 0.3 is 5.69 Å². The molecular formula is C15H15N3O2S. The fraction of sp³-hybridized carbons (Fsp3) is 0.200. The van der Waals surface area contributed by atoms with Crippen LogP contribution in [0.1, 0.15) is 10.4 Å². The molecule has 6 heteroatoms. The van der Waals surface area contributed by atoms with Crippen LogP contribution in [0.15, 0.2) is 40.5 Å². The molecule has 3 rings (SSSR count). The van der Waals surface area contributed by atoms with Crippen LogP contribution in [0.3, 0.4) is 0 Å². The van der Waals surface area contributed by atoms with E-state index in [9.17, 15) is 9.59 Å². The van der Waals surface area contributed by atoms with Crippen molar-refractivity contribution in [2.45, 2.75) is 12.8 Å². The minimum Gasteiger partial charge on any atom is -0.355 e. The molecule has 0 fully saturated rings. The molecule has 1 aromatic carbocycles. The van der Waals surface area contributed by atoms with Crippen LogP contribution in [0.25, 0.3) is 11.0 Å². The third kappa shape index (κ3) is 3.41. The van der Waals surface area contributed by atoms with E-state index in [-0.39, 0.29) is 11.6 Å². The number of hydrogen-bond acceptors (Lipinski definition) is 3. The van der Waals surface area contributed by atoms with Crippen LogP contribution >= 0.6 is 11.3 Å². The van der Waals surface area contributed by atoms with Crippen LogP contribution in [0, 0.1) is 0 Å². The Balaban J connectivity index is 1.56. The Morgan fingerprint density at radius 2 is 2.05 bits per heavy atom. The summed E-state index contributed by atoms with van der Waals surface area (Å²) in [4.78, 5) is 29.7. The lowest BCUT2D eigenvalue weighted by atomic mass is 10.1. The smallest absolute Gasteiger partial charge is 0.323 e. The normalized spacial score (nSPS) is 10.9. The molecule has 2 aromatic heterocycles. The molecule has 0 spiro atoms. The Bertz CT molecular complexity index is 802. The molecular weight excluding hydrogens is 286 g/mol. The van der Waals surface area contributed by atoms with Crippen LogP contribution in [-0.2, 0) is 17.6 Å². The first-order valence-electron chi connectivity index (χ1n) is 6.71. The first-order valence-corrected chi connectivity index (χ1v) is 7.59. The lowest BCUT2D eigenvalue weighted by Gasteiger charge is -2.04. The number of imidazole rings is 1. The van der Waals surface area contributed by atoms with E-state index in [0.29, 0.717) is 13.0 Å². The second-order valence-electron chi connectivity index (χ2n) is 4.82. The second-order valence-corrected chi connectivity index (χ2v) is 5.85. The van der Waals surface area contributed by atoms with Gasteiger partial charge in [-0.15, -0.1) is 11.3 Å². The fourth-order valence-corrected chi connectivity index (χ4v) is 2.93. The molecule has 0 saturated carbocycles. The Morgan fingerprint density at radius 3 is 2.86 bits per heavy atom. The highest BCUT2D eigenvalue weighted by molar-refractivity contribution is 7.09. The van der Waals surface area contributed by atoms with Crippen molar-refractivity contribution in [1.82, 2.24) is 15.3 Å². The van der Waals surface area contributed by atoms with Crippen molar-refractivity contribution >= 4 is 28.3 Å². The molecule has 21 heavy (non-hydrogen) atoms. The zero-order chi connectivity index (χ0) is 14.7. The predicted molar refractivity (Wildman–Crippen MR) is 83.7 cm³/mol. The monoisotopic (exact) mass is 301 g/mol. The molecule has 0 saturated heterocycles. The van der Waals surface area contributed by atoms with E-state index in [0.717, 1.165) is 23.0 Å². The quantitative estimate of drug-likeness (QED) is 0.672. The Morgan fingerprint density at radius 1 is 1.19 bits per heavy atom. The van der Waals surface area contributed by atoms with Crippen molar-refractivity contribution in [2.75, 3.05) is 6.54 Å². The SMILES string of the molecule is O=C(Cc1ccc2[nH]c(=O)[nH]c2c1)NCCc1cccs1. The van der Waals surface area contributed by atoms with Crippen LogP contribution < -0.4 is 11.0 Å². The largest absolute Gasteiger partial charge is 0.355 e. The summed E-state index contributed by atoms with van der Waals surface area (Å²) in [5, 5.41) is 4.94. The number of carbonyl (C=O) groups is 1. The van der Waals surface area contributed by atoms with Gasteiger partial charge < -0.3 is 15.3 Å². The highest BCUT2D eigenvalue weighted by Gasteiger charge is 2.05. The Kier molecular flexibility index (Phi) is 3.87. The van der Waals surface area contributed by atoms with Crippen molar-refractivity contribution < 1.29 is 4.79 Å². The molecule has 108 valence electrons. The third-order valence-corrected chi connectivity index (χ3v) is 4.15. The van der Waals surface area contributed by atoms with Crippen LogP contribution in [0.2, 0.25) is 0 Å². The van der Waals surface area contributed by atoms with Gasteiger partial charge in [-0.3, -0.25) is 4.79 Å². The molecule has 0 aliphatic heterocycles. The zero-order valence-electron chi connectivity index (χ0n) is 11.3. The fourth-order valence-electron chi connectivity index (χ4n) is 2.22. The first-order chi connectivity index (χ1) is 10.2. The van der Waals surface area contributed by atoms with E-state index >= 15 is 0 Å². The van der Waals surface area contributed by atoms with E-state index in [1.165, 1.54) is 4.88 Å². The van der Waals surface area contributed by atoms with Gasteiger partial charge in [-0.05, 0) is 35.6 Å². The highest BCUT2D eigenvalue weighted by Crippen LogP contribution is 2.11. The number of fused-ring (bicyclic) bond motifs is 1. The summed E-state index contributed by atoms with van der Waals surface area (Å²) in [7, 11) is 0. The van der Waals surface area contributed by atoms with Crippen molar-refractivity contribution in [2.24, 2.45) is 0 Å². The molecule has 0 radical (unpaired) electrons. The number of benzene rings is 1. The molecule has 1 amide bonds. The van der Waals surface area contributed by atoms with Gasteiger partial charge in [0.1, 0.15) is 0 Å². The van der Waals surface area contributed by atoms with Gasteiger partial charge in [0.25, 0.3) is 0 Å². The molecule has 0 atom stereocenters. The van der Waals surface area contributed by atoms with E-state index in [1.54, 1.807) is 11.3 Å². The van der Waals surface area contributed by atoms with E-state index < -0.39 is 0 Å². The Labute approximate surface area is 125 Å². The number of amides is 1. The standard InChI is InChI=1S/C15H15N3O2S/c19-14(16-6-5-11-2-1-7-21-11)9-10-3-4-12-13(8-10)18-15(20)17-12/h1-4,7-8H,5-6,9H2,(H,16,19)(H2,17,18,20). The van der Waals surface area contributed by atoms with Crippen LogP contribution in [-0.4, -0.2) is 22.4 Å². The zero-order valence-corrected chi connectivity index (χ0v) is 12.1. The van der Waals surface area contributed by atoms with Gasteiger partial charge in [-0.2, -0.15) is 0 Å². The number of aromatic amines is 2. The van der Waals surface area contributed by atoms with Gasteiger partial charge in [-0.1, -0.05) is 12.1 Å². The molecule has 5 nitrogen and oxygen atoms in total. The minimum absolute atomic E-state index is 0.0104. The van der Waals surface area contributed by atoms with E-state index in [4.69, 9.17) is 0 Å². The predicted octanol–water partition coefficient (Wildman–Crippen LogP) is 1.82. The molecule has 3 aromatic rings. The van der Waals surface area contributed by atoms with Crippen LogP contribution in [0.4, 0.5) is 0 Å².